The zero-order valence-corrected chi connectivity index (χ0v) is 14.6. The van der Waals surface area contributed by atoms with E-state index >= 15 is 0 Å². The Morgan fingerprint density at radius 1 is 1.12 bits per heavy atom. The third kappa shape index (κ3) is 3.82. The van der Waals surface area contributed by atoms with Gasteiger partial charge in [-0.15, -0.1) is 0 Å². The van der Waals surface area contributed by atoms with Gasteiger partial charge in [-0.3, -0.25) is 9.59 Å². The highest BCUT2D eigenvalue weighted by Crippen LogP contribution is 2.25. The lowest BCUT2D eigenvalue weighted by molar-refractivity contribution is 0.0794. The van der Waals surface area contributed by atoms with Crippen LogP contribution in [0.2, 0.25) is 5.02 Å². The number of likely N-dealkylation sites (tertiary alicyclic amines) is 1. The van der Waals surface area contributed by atoms with E-state index in [4.69, 9.17) is 11.6 Å². The molecule has 130 valence electrons. The Labute approximate surface area is 150 Å². The first-order valence-corrected chi connectivity index (χ1v) is 8.50. The fourth-order valence-electron chi connectivity index (χ4n) is 2.83. The predicted octanol–water partition coefficient (Wildman–Crippen LogP) is 4.28. The topological polar surface area (TPSA) is 49.4 Å². The molecule has 4 nitrogen and oxygen atoms in total. The molecular formula is C19H18ClFN2O2. The SMILES string of the molecule is Cc1ccc(C(=O)Nc2cc(Cl)ccc2C(=O)N2CCCC2)cc1F. The molecular weight excluding hydrogens is 343 g/mol. The molecule has 1 N–H and O–H groups in total. The lowest BCUT2D eigenvalue weighted by Gasteiger charge is -2.18. The highest BCUT2D eigenvalue weighted by Gasteiger charge is 2.23. The maximum absolute atomic E-state index is 13.7. The van der Waals surface area contributed by atoms with Gasteiger partial charge in [-0.25, -0.2) is 4.39 Å². The molecule has 0 saturated carbocycles. The van der Waals surface area contributed by atoms with E-state index in [-0.39, 0.29) is 11.5 Å². The fourth-order valence-corrected chi connectivity index (χ4v) is 3.00. The average molecular weight is 361 g/mol. The quantitative estimate of drug-likeness (QED) is 0.888. The molecule has 2 aromatic carbocycles. The average Bonchev–Trinajstić information content (AvgIpc) is 3.11. The van der Waals surface area contributed by atoms with Gasteiger partial charge in [-0.05, 0) is 55.7 Å². The molecule has 0 radical (unpaired) electrons. The first kappa shape index (κ1) is 17.4. The molecule has 0 aromatic heterocycles. The van der Waals surface area contributed by atoms with Gasteiger partial charge in [0.25, 0.3) is 11.8 Å². The molecule has 0 spiro atoms. The first-order valence-electron chi connectivity index (χ1n) is 8.12. The summed E-state index contributed by atoms with van der Waals surface area (Å²) < 4.78 is 13.7. The monoisotopic (exact) mass is 360 g/mol. The molecule has 0 aliphatic carbocycles. The van der Waals surface area contributed by atoms with E-state index < -0.39 is 11.7 Å². The van der Waals surface area contributed by atoms with Crippen LogP contribution in [0.4, 0.5) is 10.1 Å². The maximum atomic E-state index is 13.7. The number of carbonyl (C=O) groups is 2. The van der Waals surface area contributed by atoms with E-state index in [1.165, 1.54) is 12.1 Å². The van der Waals surface area contributed by atoms with Gasteiger partial charge in [0.1, 0.15) is 5.82 Å². The molecule has 6 heteroatoms. The Morgan fingerprint density at radius 2 is 1.84 bits per heavy atom. The van der Waals surface area contributed by atoms with E-state index in [1.807, 2.05) is 0 Å². The number of hydrogen-bond acceptors (Lipinski definition) is 2. The van der Waals surface area contributed by atoms with Crippen molar-refractivity contribution in [2.24, 2.45) is 0 Å². The zero-order valence-electron chi connectivity index (χ0n) is 13.8. The normalized spacial score (nSPS) is 13.8. The van der Waals surface area contributed by atoms with Crippen molar-refractivity contribution in [3.05, 3.63) is 63.9 Å². The molecule has 1 aliphatic heterocycles. The lowest BCUT2D eigenvalue weighted by atomic mass is 10.1. The van der Waals surface area contributed by atoms with Crippen molar-refractivity contribution in [2.45, 2.75) is 19.8 Å². The van der Waals surface area contributed by atoms with Crippen molar-refractivity contribution in [1.29, 1.82) is 0 Å². The van der Waals surface area contributed by atoms with Crippen molar-refractivity contribution in [2.75, 3.05) is 18.4 Å². The molecule has 25 heavy (non-hydrogen) atoms. The number of benzene rings is 2. The minimum absolute atomic E-state index is 0.139. The van der Waals surface area contributed by atoms with E-state index in [0.29, 0.717) is 34.9 Å². The fraction of sp³-hybridized carbons (Fsp3) is 0.263. The predicted molar refractivity (Wildman–Crippen MR) is 95.7 cm³/mol. The van der Waals surface area contributed by atoms with Crippen molar-refractivity contribution in [3.63, 3.8) is 0 Å². The van der Waals surface area contributed by atoms with Crippen molar-refractivity contribution < 1.29 is 14.0 Å². The van der Waals surface area contributed by atoms with Crippen LogP contribution in [0.15, 0.2) is 36.4 Å². The summed E-state index contributed by atoms with van der Waals surface area (Å²) in [6.07, 6.45) is 1.95. The van der Waals surface area contributed by atoms with Gasteiger partial charge in [0, 0.05) is 23.7 Å². The van der Waals surface area contributed by atoms with Crippen LogP contribution in [0.5, 0.6) is 0 Å². The van der Waals surface area contributed by atoms with Crippen LogP contribution in [0.25, 0.3) is 0 Å². The third-order valence-corrected chi connectivity index (χ3v) is 4.52. The number of nitrogens with one attached hydrogen (secondary N) is 1. The highest BCUT2D eigenvalue weighted by atomic mass is 35.5. The number of anilines is 1. The standard InChI is InChI=1S/C19H18ClFN2O2/c1-12-4-5-13(10-16(12)21)18(24)22-17-11-14(20)6-7-15(17)19(25)23-8-2-3-9-23/h4-7,10-11H,2-3,8-9H2,1H3,(H,22,24). The molecule has 1 heterocycles. The Balaban J connectivity index is 1.88. The molecule has 2 aromatic rings. The Morgan fingerprint density at radius 3 is 2.52 bits per heavy atom. The number of halogens is 2. The smallest absolute Gasteiger partial charge is 0.255 e. The Bertz CT molecular complexity index is 832. The summed E-state index contributed by atoms with van der Waals surface area (Å²) >= 11 is 6.02. The van der Waals surface area contributed by atoms with Gasteiger partial charge < -0.3 is 10.2 Å². The van der Waals surface area contributed by atoms with Crippen LogP contribution in [0, 0.1) is 12.7 Å². The number of carbonyl (C=O) groups excluding carboxylic acids is 2. The molecule has 3 rings (SSSR count). The summed E-state index contributed by atoms with van der Waals surface area (Å²) in [5.74, 6) is -1.08. The minimum atomic E-state index is -0.489. The summed E-state index contributed by atoms with van der Waals surface area (Å²) in [6.45, 7) is 3.04. The molecule has 1 fully saturated rings. The summed E-state index contributed by atoms with van der Waals surface area (Å²) in [4.78, 5) is 26.9. The second-order valence-electron chi connectivity index (χ2n) is 6.11. The molecule has 0 atom stereocenters. The van der Waals surface area contributed by atoms with E-state index in [1.54, 1.807) is 36.1 Å². The first-order chi connectivity index (χ1) is 12.0. The molecule has 0 bridgehead atoms. The molecule has 1 saturated heterocycles. The largest absolute Gasteiger partial charge is 0.339 e. The van der Waals surface area contributed by atoms with Crippen molar-refractivity contribution in [3.8, 4) is 0 Å². The Hall–Kier alpha value is -2.40. The van der Waals surface area contributed by atoms with Crippen LogP contribution in [0.3, 0.4) is 0 Å². The minimum Gasteiger partial charge on any atom is -0.339 e. The highest BCUT2D eigenvalue weighted by molar-refractivity contribution is 6.31. The second-order valence-corrected chi connectivity index (χ2v) is 6.54. The van der Waals surface area contributed by atoms with Crippen LogP contribution in [-0.4, -0.2) is 29.8 Å². The van der Waals surface area contributed by atoms with Gasteiger partial charge in [-0.2, -0.15) is 0 Å². The number of aryl methyl sites for hydroxylation is 1. The van der Waals surface area contributed by atoms with E-state index in [2.05, 4.69) is 5.32 Å². The van der Waals surface area contributed by atoms with E-state index in [9.17, 15) is 14.0 Å². The van der Waals surface area contributed by atoms with Crippen LogP contribution >= 0.6 is 11.6 Å². The number of rotatable bonds is 3. The van der Waals surface area contributed by atoms with Crippen LogP contribution < -0.4 is 5.32 Å². The summed E-state index contributed by atoms with van der Waals surface area (Å²) in [5, 5.41) is 3.09. The summed E-state index contributed by atoms with van der Waals surface area (Å²) in [6, 6.07) is 9.02. The molecule has 1 aliphatic rings. The van der Waals surface area contributed by atoms with Crippen LogP contribution in [-0.2, 0) is 0 Å². The summed E-state index contributed by atoms with van der Waals surface area (Å²) in [5.41, 5.74) is 1.36. The van der Waals surface area contributed by atoms with Crippen molar-refractivity contribution in [1.82, 2.24) is 4.90 Å². The zero-order chi connectivity index (χ0) is 18.0. The lowest BCUT2D eigenvalue weighted by Crippen LogP contribution is -2.28. The van der Waals surface area contributed by atoms with Gasteiger partial charge in [-0.1, -0.05) is 17.7 Å². The van der Waals surface area contributed by atoms with Gasteiger partial charge in [0.15, 0.2) is 0 Å². The maximum Gasteiger partial charge on any atom is 0.255 e. The number of nitrogens with zero attached hydrogens (tertiary/aromatic N) is 1. The number of hydrogen-bond donors (Lipinski definition) is 1. The van der Waals surface area contributed by atoms with Gasteiger partial charge in [0.2, 0.25) is 0 Å². The van der Waals surface area contributed by atoms with E-state index in [0.717, 1.165) is 12.8 Å². The molecule has 0 unspecified atom stereocenters. The van der Waals surface area contributed by atoms with Gasteiger partial charge in [0.05, 0.1) is 11.3 Å². The Kier molecular flexibility index (Phi) is 5.04. The second kappa shape index (κ2) is 7.23. The van der Waals surface area contributed by atoms with Crippen molar-refractivity contribution >= 4 is 29.1 Å². The van der Waals surface area contributed by atoms with Gasteiger partial charge >= 0.3 is 0 Å². The van der Waals surface area contributed by atoms with Crippen LogP contribution in [0.1, 0.15) is 39.1 Å². The number of amides is 2. The summed E-state index contributed by atoms with van der Waals surface area (Å²) in [7, 11) is 0. The molecule has 2 amide bonds. The third-order valence-electron chi connectivity index (χ3n) is 4.29.